The second-order valence-electron chi connectivity index (χ2n) is 2.49. The van der Waals surface area contributed by atoms with Crippen LogP contribution >= 0.6 is 15.9 Å². The van der Waals surface area contributed by atoms with Gasteiger partial charge in [-0.1, -0.05) is 0 Å². The molecule has 0 radical (unpaired) electrons. The largest absolute Gasteiger partial charge is 0.479 e. The number of carboxylic acids is 1. The van der Waals surface area contributed by atoms with Gasteiger partial charge in [0.2, 0.25) is 0 Å². The zero-order chi connectivity index (χ0) is 9.84. The monoisotopic (exact) mass is 245 g/mol. The van der Waals surface area contributed by atoms with Crippen LogP contribution in [0.3, 0.4) is 0 Å². The van der Waals surface area contributed by atoms with Gasteiger partial charge in [-0.05, 0) is 28.1 Å². The van der Waals surface area contributed by atoms with Crippen LogP contribution in [0.5, 0.6) is 0 Å². The standard InChI is InChI=1S/C8H8BrNO3/c9-5-2-1-3-10-6(5)4-7(11)8(12)13/h1-3,7,11H,4H2,(H,12,13). The van der Waals surface area contributed by atoms with Gasteiger partial charge in [-0.15, -0.1) is 0 Å². The molecule has 0 saturated heterocycles. The molecule has 1 rings (SSSR count). The van der Waals surface area contributed by atoms with Gasteiger partial charge < -0.3 is 10.2 Å². The van der Waals surface area contributed by atoms with Gasteiger partial charge in [0.25, 0.3) is 0 Å². The van der Waals surface area contributed by atoms with E-state index in [9.17, 15) is 4.79 Å². The van der Waals surface area contributed by atoms with Gasteiger partial charge in [0.1, 0.15) is 0 Å². The zero-order valence-electron chi connectivity index (χ0n) is 6.64. The summed E-state index contributed by atoms with van der Waals surface area (Å²) in [7, 11) is 0. The fraction of sp³-hybridized carbons (Fsp3) is 0.250. The molecule has 0 fully saturated rings. The fourth-order valence-corrected chi connectivity index (χ4v) is 1.26. The van der Waals surface area contributed by atoms with Crippen molar-refractivity contribution in [1.29, 1.82) is 0 Å². The lowest BCUT2D eigenvalue weighted by atomic mass is 10.2. The molecule has 2 N–H and O–H groups in total. The lowest BCUT2D eigenvalue weighted by molar-refractivity contribution is -0.146. The van der Waals surface area contributed by atoms with Crippen LogP contribution in [0.15, 0.2) is 22.8 Å². The molecule has 13 heavy (non-hydrogen) atoms. The Hall–Kier alpha value is -0.940. The van der Waals surface area contributed by atoms with E-state index in [4.69, 9.17) is 10.2 Å². The molecule has 0 spiro atoms. The van der Waals surface area contributed by atoms with Crippen LogP contribution in [0.25, 0.3) is 0 Å². The average Bonchev–Trinajstić information content (AvgIpc) is 2.08. The Labute approximate surface area is 83.4 Å². The zero-order valence-corrected chi connectivity index (χ0v) is 8.23. The highest BCUT2D eigenvalue weighted by Crippen LogP contribution is 2.14. The first kappa shape index (κ1) is 10.1. The highest BCUT2D eigenvalue weighted by Gasteiger charge is 2.15. The first-order chi connectivity index (χ1) is 6.11. The first-order valence-corrected chi connectivity index (χ1v) is 4.41. The third-order valence-corrected chi connectivity index (χ3v) is 2.23. The maximum absolute atomic E-state index is 10.3. The number of aliphatic hydroxyl groups is 1. The molecule has 1 aromatic rings. The van der Waals surface area contributed by atoms with Crippen LogP contribution in [0, 0.1) is 0 Å². The van der Waals surface area contributed by atoms with Gasteiger partial charge in [-0.25, -0.2) is 4.79 Å². The molecule has 1 heterocycles. The second-order valence-corrected chi connectivity index (χ2v) is 3.34. The van der Waals surface area contributed by atoms with Crippen LogP contribution in [0.2, 0.25) is 0 Å². The van der Waals surface area contributed by atoms with Crippen LogP contribution in [-0.2, 0) is 11.2 Å². The summed E-state index contributed by atoms with van der Waals surface area (Å²) in [5.41, 5.74) is 0.539. The summed E-state index contributed by atoms with van der Waals surface area (Å²) in [6, 6.07) is 3.47. The Morgan fingerprint density at radius 3 is 2.92 bits per heavy atom. The van der Waals surface area contributed by atoms with E-state index in [2.05, 4.69) is 20.9 Å². The molecule has 1 aromatic heterocycles. The molecule has 0 amide bonds. The van der Waals surface area contributed by atoms with E-state index in [1.54, 1.807) is 18.3 Å². The van der Waals surface area contributed by atoms with Gasteiger partial charge in [0.15, 0.2) is 6.10 Å². The smallest absolute Gasteiger partial charge is 0.332 e. The topological polar surface area (TPSA) is 70.4 Å². The second kappa shape index (κ2) is 4.34. The first-order valence-electron chi connectivity index (χ1n) is 3.61. The van der Waals surface area contributed by atoms with Crippen molar-refractivity contribution in [1.82, 2.24) is 4.98 Å². The van der Waals surface area contributed by atoms with Crippen molar-refractivity contribution in [3.8, 4) is 0 Å². The fourth-order valence-electron chi connectivity index (χ4n) is 0.839. The minimum atomic E-state index is -1.40. The number of aliphatic carboxylic acids is 1. The Kier molecular flexibility index (Phi) is 3.39. The number of carboxylic acid groups (broad SMARTS) is 1. The van der Waals surface area contributed by atoms with Gasteiger partial charge in [0, 0.05) is 17.1 Å². The van der Waals surface area contributed by atoms with Crippen LogP contribution < -0.4 is 0 Å². The summed E-state index contributed by atoms with van der Waals surface area (Å²) in [4.78, 5) is 14.3. The molecule has 0 saturated carbocycles. The molecule has 0 bridgehead atoms. The number of nitrogens with zero attached hydrogens (tertiary/aromatic N) is 1. The molecule has 1 atom stereocenters. The number of carbonyl (C=O) groups is 1. The molecule has 0 aliphatic carbocycles. The summed E-state index contributed by atoms with van der Waals surface area (Å²) >= 11 is 3.21. The Balaban J connectivity index is 2.74. The van der Waals surface area contributed by atoms with Crippen LogP contribution in [0.1, 0.15) is 5.69 Å². The number of rotatable bonds is 3. The Morgan fingerprint density at radius 2 is 2.38 bits per heavy atom. The van der Waals surface area contributed by atoms with Crippen molar-refractivity contribution in [2.24, 2.45) is 0 Å². The number of pyridine rings is 1. The van der Waals surface area contributed by atoms with Crippen molar-refractivity contribution >= 4 is 21.9 Å². The Morgan fingerprint density at radius 1 is 1.69 bits per heavy atom. The highest BCUT2D eigenvalue weighted by atomic mass is 79.9. The van der Waals surface area contributed by atoms with E-state index in [0.717, 1.165) is 0 Å². The van der Waals surface area contributed by atoms with E-state index in [-0.39, 0.29) is 6.42 Å². The minimum Gasteiger partial charge on any atom is -0.479 e. The van der Waals surface area contributed by atoms with Crippen molar-refractivity contribution in [3.05, 3.63) is 28.5 Å². The quantitative estimate of drug-likeness (QED) is 0.828. The third-order valence-electron chi connectivity index (χ3n) is 1.51. The minimum absolute atomic E-state index is 0.0107. The maximum Gasteiger partial charge on any atom is 0.332 e. The van der Waals surface area contributed by atoms with Crippen molar-refractivity contribution in [3.63, 3.8) is 0 Å². The summed E-state index contributed by atoms with van der Waals surface area (Å²) in [6.45, 7) is 0. The van der Waals surface area contributed by atoms with Gasteiger partial charge >= 0.3 is 5.97 Å². The molecule has 4 nitrogen and oxygen atoms in total. The number of hydrogen-bond donors (Lipinski definition) is 2. The summed E-state index contributed by atoms with van der Waals surface area (Å²) < 4.78 is 0.704. The van der Waals surface area contributed by atoms with E-state index in [1.807, 2.05) is 0 Å². The van der Waals surface area contributed by atoms with Crippen LogP contribution in [-0.4, -0.2) is 27.3 Å². The number of aromatic nitrogens is 1. The van der Waals surface area contributed by atoms with Gasteiger partial charge in [-0.2, -0.15) is 0 Å². The molecule has 0 aliphatic heterocycles. The summed E-state index contributed by atoms with van der Waals surface area (Å²) in [6.07, 6.45) is 0.164. The van der Waals surface area contributed by atoms with E-state index < -0.39 is 12.1 Å². The van der Waals surface area contributed by atoms with Crippen LogP contribution in [0.4, 0.5) is 0 Å². The van der Waals surface area contributed by atoms with Gasteiger partial charge in [-0.3, -0.25) is 4.98 Å². The average molecular weight is 246 g/mol. The molecule has 0 aliphatic rings. The molecule has 0 aromatic carbocycles. The normalized spacial score (nSPS) is 12.5. The number of halogens is 1. The molecule has 70 valence electrons. The van der Waals surface area contributed by atoms with E-state index >= 15 is 0 Å². The molecular weight excluding hydrogens is 238 g/mol. The summed E-state index contributed by atoms with van der Waals surface area (Å²) in [5, 5.41) is 17.5. The predicted molar refractivity (Wildman–Crippen MR) is 49.3 cm³/mol. The Bertz CT molecular complexity index is 316. The maximum atomic E-state index is 10.3. The number of hydrogen-bond acceptors (Lipinski definition) is 3. The van der Waals surface area contributed by atoms with Crippen molar-refractivity contribution in [2.45, 2.75) is 12.5 Å². The van der Waals surface area contributed by atoms with Crippen molar-refractivity contribution < 1.29 is 15.0 Å². The van der Waals surface area contributed by atoms with Gasteiger partial charge in [0.05, 0.1) is 5.69 Å². The summed E-state index contributed by atoms with van der Waals surface area (Å²) in [5.74, 6) is -1.24. The van der Waals surface area contributed by atoms with E-state index in [0.29, 0.717) is 10.2 Å². The highest BCUT2D eigenvalue weighted by molar-refractivity contribution is 9.10. The molecule has 5 heteroatoms. The molecular formula is C8H8BrNO3. The number of aliphatic hydroxyl groups excluding tert-OH is 1. The van der Waals surface area contributed by atoms with Crippen molar-refractivity contribution in [2.75, 3.05) is 0 Å². The third kappa shape index (κ3) is 2.78. The lowest BCUT2D eigenvalue weighted by Gasteiger charge is -2.05. The van der Waals surface area contributed by atoms with E-state index in [1.165, 1.54) is 0 Å². The molecule has 1 unspecified atom stereocenters. The predicted octanol–water partition coefficient (Wildman–Crippen LogP) is 0.832. The SMILES string of the molecule is O=C(O)C(O)Cc1ncccc1Br. The lowest BCUT2D eigenvalue weighted by Crippen LogP contribution is -2.22.